The van der Waals surface area contributed by atoms with Gasteiger partial charge in [-0.2, -0.15) is 0 Å². The lowest BCUT2D eigenvalue weighted by Crippen LogP contribution is -2.58. The molecule has 4 heteroatoms. The molecule has 0 amide bonds. The van der Waals surface area contributed by atoms with Crippen molar-refractivity contribution >= 4 is 5.69 Å². The lowest BCUT2D eigenvalue weighted by Gasteiger charge is -2.46. The van der Waals surface area contributed by atoms with Gasteiger partial charge in [0.2, 0.25) is 0 Å². The summed E-state index contributed by atoms with van der Waals surface area (Å²) >= 11 is 0. The highest BCUT2D eigenvalue weighted by Gasteiger charge is 2.32. The van der Waals surface area contributed by atoms with Crippen LogP contribution in [0.4, 0.5) is 10.1 Å². The molecule has 0 radical (unpaired) electrons. The van der Waals surface area contributed by atoms with Gasteiger partial charge < -0.3 is 10.6 Å². The summed E-state index contributed by atoms with van der Waals surface area (Å²) in [7, 11) is 2.13. The van der Waals surface area contributed by atoms with Crippen molar-refractivity contribution in [3.8, 4) is 0 Å². The minimum atomic E-state index is -0.293. The van der Waals surface area contributed by atoms with Crippen LogP contribution in [0.5, 0.6) is 0 Å². The van der Waals surface area contributed by atoms with Gasteiger partial charge in [-0.3, -0.25) is 4.90 Å². The molecule has 19 heavy (non-hydrogen) atoms. The Kier molecular flexibility index (Phi) is 3.83. The van der Waals surface area contributed by atoms with Crippen molar-refractivity contribution < 1.29 is 4.39 Å². The van der Waals surface area contributed by atoms with Gasteiger partial charge in [-0.05, 0) is 40.0 Å². The van der Waals surface area contributed by atoms with Crippen molar-refractivity contribution in [3.05, 3.63) is 29.6 Å². The Bertz CT molecular complexity index is 457. The predicted molar refractivity (Wildman–Crippen MR) is 77.9 cm³/mol. The van der Waals surface area contributed by atoms with Crippen LogP contribution < -0.4 is 10.6 Å². The van der Waals surface area contributed by atoms with Crippen LogP contribution in [0.1, 0.15) is 32.4 Å². The summed E-state index contributed by atoms with van der Waals surface area (Å²) in [5.41, 5.74) is 7.59. The second kappa shape index (κ2) is 5.10. The molecule has 1 fully saturated rings. The van der Waals surface area contributed by atoms with Crippen LogP contribution in [0.25, 0.3) is 0 Å². The van der Waals surface area contributed by atoms with Crippen molar-refractivity contribution in [2.75, 3.05) is 31.6 Å². The van der Waals surface area contributed by atoms with E-state index in [2.05, 4.69) is 30.7 Å². The number of benzene rings is 1. The molecule has 1 aromatic rings. The lowest BCUT2D eigenvalue weighted by molar-refractivity contribution is 0.138. The van der Waals surface area contributed by atoms with Crippen molar-refractivity contribution in [2.24, 2.45) is 5.73 Å². The Morgan fingerprint density at radius 2 is 2.00 bits per heavy atom. The molecule has 0 spiro atoms. The molecule has 0 bridgehead atoms. The van der Waals surface area contributed by atoms with E-state index in [4.69, 9.17) is 5.73 Å². The van der Waals surface area contributed by atoms with Crippen LogP contribution in [0, 0.1) is 5.82 Å². The molecule has 1 aromatic carbocycles. The van der Waals surface area contributed by atoms with Crippen molar-refractivity contribution in [2.45, 2.75) is 32.4 Å². The van der Waals surface area contributed by atoms with Crippen LogP contribution >= 0.6 is 0 Å². The normalized spacial score (nSPS) is 21.5. The van der Waals surface area contributed by atoms with Gasteiger partial charge in [0.1, 0.15) is 5.82 Å². The first kappa shape index (κ1) is 14.3. The minimum Gasteiger partial charge on any atom is -0.368 e. The summed E-state index contributed by atoms with van der Waals surface area (Å²) in [5.74, 6) is -0.204. The van der Waals surface area contributed by atoms with Crippen molar-refractivity contribution in [1.82, 2.24) is 4.90 Å². The number of likely N-dealkylation sites (N-methyl/N-ethyl adjacent to an activating group) is 1. The molecule has 2 N–H and O–H groups in total. The fourth-order valence-electron chi connectivity index (χ4n) is 2.70. The molecule has 1 aliphatic heterocycles. The van der Waals surface area contributed by atoms with Crippen LogP contribution in [0.3, 0.4) is 0 Å². The van der Waals surface area contributed by atoms with Crippen molar-refractivity contribution in [1.29, 1.82) is 0 Å². The summed E-state index contributed by atoms with van der Waals surface area (Å²) < 4.78 is 14.0. The zero-order valence-electron chi connectivity index (χ0n) is 12.3. The molecule has 1 aliphatic rings. The van der Waals surface area contributed by atoms with Crippen LogP contribution in [-0.2, 0) is 0 Å². The fraction of sp³-hybridized carbons (Fsp3) is 0.600. The molecule has 0 unspecified atom stereocenters. The second-order valence-electron chi connectivity index (χ2n) is 6.12. The molecular weight excluding hydrogens is 241 g/mol. The summed E-state index contributed by atoms with van der Waals surface area (Å²) in [6.45, 7) is 9.02. The Balaban J connectivity index is 2.35. The molecular formula is C15H24FN3. The Morgan fingerprint density at radius 3 is 2.58 bits per heavy atom. The molecule has 1 heterocycles. The van der Waals surface area contributed by atoms with Gasteiger partial charge in [-0.15, -0.1) is 0 Å². The highest BCUT2D eigenvalue weighted by molar-refractivity contribution is 5.56. The molecule has 1 atom stereocenters. The van der Waals surface area contributed by atoms with Gasteiger partial charge >= 0.3 is 0 Å². The lowest BCUT2D eigenvalue weighted by atomic mass is 9.97. The predicted octanol–water partition coefficient (Wildman–Crippen LogP) is 2.38. The van der Waals surface area contributed by atoms with E-state index >= 15 is 0 Å². The first-order valence-corrected chi connectivity index (χ1v) is 6.83. The van der Waals surface area contributed by atoms with Crippen LogP contribution in [0.15, 0.2) is 18.2 Å². The van der Waals surface area contributed by atoms with E-state index in [0.717, 1.165) is 25.3 Å². The SMILES string of the molecule is C[C@H](N)c1c(F)cccc1N1CCN(C)C(C)(C)C1. The van der Waals surface area contributed by atoms with Gasteiger partial charge in [0, 0.05) is 42.5 Å². The van der Waals surface area contributed by atoms with E-state index in [1.807, 2.05) is 13.0 Å². The molecule has 3 nitrogen and oxygen atoms in total. The van der Waals surface area contributed by atoms with Gasteiger partial charge in [0.05, 0.1) is 0 Å². The first-order valence-electron chi connectivity index (χ1n) is 6.83. The quantitative estimate of drug-likeness (QED) is 0.891. The summed E-state index contributed by atoms with van der Waals surface area (Å²) in [6, 6.07) is 4.94. The average molecular weight is 265 g/mol. The molecule has 0 aromatic heterocycles. The number of anilines is 1. The zero-order chi connectivity index (χ0) is 14.2. The topological polar surface area (TPSA) is 32.5 Å². The number of hydrogen-bond donors (Lipinski definition) is 1. The third-order valence-corrected chi connectivity index (χ3v) is 4.14. The smallest absolute Gasteiger partial charge is 0.130 e. The molecule has 0 aliphatic carbocycles. The van der Waals surface area contributed by atoms with Gasteiger partial charge in [-0.1, -0.05) is 6.07 Å². The maximum absolute atomic E-state index is 14.0. The first-order chi connectivity index (χ1) is 8.83. The standard InChI is InChI=1S/C15H24FN3/c1-11(17)14-12(16)6-5-7-13(14)19-9-8-18(4)15(2,3)10-19/h5-7,11H,8-10,17H2,1-4H3/t11-/m0/s1. The zero-order valence-corrected chi connectivity index (χ0v) is 12.3. The Morgan fingerprint density at radius 1 is 1.32 bits per heavy atom. The molecule has 2 rings (SSSR count). The summed E-state index contributed by atoms with van der Waals surface area (Å²) in [5, 5.41) is 0. The number of hydrogen-bond acceptors (Lipinski definition) is 3. The third-order valence-electron chi connectivity index (χ3n) is 4.14. The van der Waals surface area contributed by atoms with E-state index in [1.54, 1.807) is 6.07 Å². The fourth-order valence-corrected chi connectivity index (χ4v) is 2.70. The molecule has 106 valence electrons. The van der Waals surface area contributed by atoms with E-state index < -0.39 is 0 Å². The maximum atomic E-state index is 14.0. The van der Waals surface area contributed by atoms with E-state index in [9.17, 15) is 4.39 Å². The molecule has 0 saturated carbocycles. The minimum absolute atomic E-state index is 0.0830. The van der Waals surface area contributed by atoms with Crippen LogP contribution in [0.2, 0.25) is 0 Å². The average Bonchev–Trinajstić information content (AvgIpc) is 2.31. The summed E-state index contributed by atoms with van der Waals surface area (Å²) in [4.78, 5) is 4.59. The van der Waals surface area contributed by atoms with Crippen molar-refractivity contribution in [3.63, 3.8) is 0 Å². The van der Waals surface area contributed by atoms with E-state index in [0.29, 0.717) is 5.56 Å². The Hall–Kier alpha value is -1.13. The highest BCUT2D eigenvalue weighted by atomic mass is 19.1. The molecule has 1 saturated heterocycles. The van der Waals surface area contributed by atoms with E-state index in [1.165, 1.54) is 6.07 Å². The van der Waals surface area contributed by atoms with Gasteiger partial charge in [0.15, 0.2) is 0 Å². The Labute approximate surface area is 115 Å². The van der Waals surface area contributed by atoms with Gasteiger partial charge in [0.25, 0.3) is 0 Å². The summed E-state index contributed by atoms with van der Waals surface area (Å²) in [6.07, 6.45) is 0. The number of rotatable bonds is 2. The monoisotopic (exact) mass is 265 g/mol. The number of halogens is 1. The second-order valence-corrected chi connectivity index (χ2v) is 6.12. The highest BCUT2D eigenvalue weighted by Crippen LogP contribution is 2.31. The van der Waals surface area contributed by atoms with E-state index in [-0.39, 0.29) is 17.4 Å². The van der Waals surface area contributed by atoms with Crippen LogP contribution in [-0.4, -0.2) is 37.1 Å². The number of nitrogens with zero attached hydrogens (tertiary/aromatic N) is 2. The number of nitrogens with two attached hydrogens (primary N) is 1. The number of piperazine rings is 1. The largest absolute Gasteiger partial charge is 0.368 e. The third kappa shape index (κ3) is 2.74. The van der Waals surface area contributed by atoms with Gasteiger partial charge in [-0.25, -0.2) is 4.39 Å². The maximum Gasteiger partial charge on any atom is 0.130 e.